The molecule has 1 amide bonds. The summed E-state index contributed by atoms with van der Waals surface area (Å²) in [5.41, 5.74) is 2.35. The van der Waals surface area contributed by atoms with Gasteiger partial charge in [-0.2, -0.15) is 11.8 Å². The number of rotatable bonds is 4. The molecule has 9 heteroatoms. The van der Waals surface area contributed by atoms with Gasteiger partial charge in [0.2, 0.25) is 5.91 Å². The third-order valence-corrected chi connectivity index (χ3v) is 6.49. The van der Waals surface area contributed by atoms with Crippen LogP contribution in [0.15, 0.2) is 35.9 Å². The van der Waals surface area contributed by atoms with E-state index < -0.39 is 0 Å². The maximum atomic E-state index is 12.3. The highest BCUT2D eigenvalue weighted by Crippen LogP contribution is 2.30. The maximum Gasteiger partial charge on any atom is 0.248 e. The van der Waals surface area contributed by atoms with E-state index in [2.05, 4.69) is 15.2 Å². The van der Waals surface area contributed by atoms with Gasteiger partial charge in [0.25, 0.3) is 0 Å². The minimum Gasteiger partial charge on any atom is -0.369 e. The van der Waals surface area contributed by atoms with Gasteiger partial charge in [-0.3, -0.25) is 9.20 Å². The van der Waals surface area contributed by atoms with E-state index in [-0.39, 0.29) is 5.91 Å². The molecule has 1 fully saturated rings. The zero-order valence-corrected chi connectivity index (χ0v) is 17.3. The molecule has 0 spiro atoms. The number of aromatic nitrogens is 2. The minimum atomic E-state index is -0.255. The van der Waals surface area contributed by atoms with E-state index in [0.717, 1.165) is 35.2 Å². The molecule has 0 saturated carbocycles. The van der Waals surface area contributed by atoms with Gasteiger partial charge in [0.15, 0.2) is 10.1 Å². The highest BCUT2D eigenvalue weighted by Gasteiger charge is 2.15. The summed E-state index contributed by atoms with van der Waals surface area (Å²) in [7, 11) is 0. The zero-order chi connectivity index (χ0) is 18.8. The molecule has 0 bridgehead atoms. The van der Waals surface area contributed by atoms with Gasteiger partial charge >= 0.3 is 0 Å². The summed E-state index contributed by atoms with van der Waals surface area (Å²) in [6.45, 7) is 1.98. The lowest BCUT2D eigenvalue weighted by Crippen LogP contribution is -2.32. The summed E-state index contributed by atoms with van der Waals surface area (Å²) in [5.74, 6) is 1.96. The Morgan fingerprint density at radius 3 is 2.85 bits per heavy atom. The number of anilines is 2. The van der Waals surface area contributed by atoms with Gasteiger partial charge in [-0.15, -0.1) is 11.3 Å². The third-order valence-electron chi connectivity index (χ3n) is 4.21. The summed E-state index contributed by atoms with van der Waals surface area (Å²) >= 11 is 16.0. The fourth-order valence-electron chi connectivity index (χ4n) is 2.91. The van der Waals surface area contributed by atoms with Crippen LogP contribution in [-0.2, 0) is 4.79 Å². The second kappa shape index (κ2) is 8.14. The van der Waals surface area contributed by atoms with Gasteiger partial charge < -0.3 is 10.2 Å². The van der Waals surface area contributed by atoms with Gasteiger partial charge in [0.1, 0.15) is 0 Å². The van der Waals surface area contributed by atoms with Crippen molar-refractivity contribution in [2.75, 3.05) is 34.8 Å². The number of nitrogens with zero attached hydrogens (tertiary/aromatic N) is 3. The van der Waals surface area contributed by atoms with Crippen LogP contribution in [0.1, 0.15) is 5.69 Å². The smallest absolute Gasteiger partial charge is 0.248 e. The molecule has 0 unspecified atom stereocenters. The van der Waals surface area contributed by atoms with E-state index in [1.54, 1.807) is 12.1 Å². The number of nitrogens with one attached hydrogen (secondary N) is 1. The maximum absolute atomic E-state index is 12.3. The van der Waals surface area contributed by atoms with Crippen molar-refractivity contribution in [3.63, 3.8) is 0 Å². The van der Waals surface area contributed by atoms with Gasteiger partial charge in [-0.25, -0.2) is 4.98 Å². The first-order valence-electron chi connectivity index (χ1n) is 8.34. The standard InChI is InChI=1S/C18H16Cl2N4OS2/c19-13-11-12(1-2-14(13)23-5-8-26-9-6-23)21-16(25)4-3-15-17(20)22-18-24(15)7-10-27-18/h1-4,7,10-11H,5-6,8-9H2,(H,21,25)/b4-3+. The molecule has 0 radical (unpaired) electrons. The number of benzene rings is 1. The molecule has 1 saturated heterocycles. The lowest BCUT2D eigenvalue weighted by Gasteiger charge is -2.29. The Kier molecular flexibility index (Phi) is 5.63. The number of halogens is 2. The third kappa shape index (κ3) is 4.11. The first-order valence-corrected chi connectivity index (χ1v) is 11.1. The number of carbonyl (C=O) groups excluding carboxylic acids is 1. The topological polar surface area (TPSA) is 49.6 Å². The molecule has 27 heavy (non-hydrogen) atoms. The van der Waals surface area contributed by atoms with E-state index in [0.29, 0.717) is 21.6 Å². The van der Waals surface area contributed by atoms with Crippen molar-refractivity contribution in [1.29, 1.82) is 0 Å². The number of thiazole rings is 1. The van der Waals surface area contributed by atoms with Crippen molar-refractivity contribution in [1.82, 2.24) is 9.38 Å². The van der Waals surface area contributed by atoms with Crippen molar-refractivity contribution in [2.45, 2.75) is 0 Å². The van der Waals surface area contributed by atoms with Crippen LogP contribution in [0, 0.1) is 0 Å². The second-order valence-electron chi connectivity index (χ2n) is 5.93. The molecular weight excluding hydrogens is 423 g/mol. The Bertz CT molecular complexity index is 1010. The van der Waals surface area contributed by atoms with Crippen molar-refractivity contribution >= 4 is 74.6 Å². The number of fused-ring (bicyclic) bond motifs is 1. The first-order chi connectivity index (χ1) is 13.1. The van der Waals surface area contributed by atoms with Crippen molar-refractivity contribution in [3.05, 3.63) is 51.7 Å². The fraction of sp³-hybridized carbons (Fsp3) is 0.222. The van der Waals surface area contributed by atoms with Crippen LogP contribution < -0.4 is 10.2 Å². The highest BCUT2D eigenvalue weighted by molar-refractivity contribution is 7.99. The van der Waals surface area contributed by atoms with Crippen LogP contribution in [-0.4, -0.2) is 39.9 Å². The van der Waals surface area contributed by atoms with Gasteiger partial charge in [0, 0.05) is 47.9 Å². The van der Waals surface area contributed by atoms with Crippen molar-refractivity contribution in [3.8, 4) is 0 Å². The molecule has 3 heterocycles. The molecule has 5 nitrogen and oxygen atoms in total. The Morgan fingerprint density at radius 2 is 2.07 bits per heavy atom. The van der Waals surface area contributed by atoms with E-state index in [4.69, 9.17) is 23.2 Å². The van der Waals surface area contributed by atoms with Gasteiger partial charge in [-0.1, -0.05) is 23.2 Å². The molecule has 1 N–H and O–H groups in total. The predicted molar refractivity (Wildman–Crippen MR) is 117 cm³/mol. The van der Waals surface area contributed by atoms with Crippen LogP contribution in [0.5, 0.6) is 0 Å². The number of amides is 1. The van der Waals surface area contributed by atoms with E-state index >= 15 is 0 Å². The molecule has 4 rings (SSSR count). The minimum absolute atomic E-state index is 0.255. The van der Waals surface area contributed by atoms with Crippen LogP contribution in [0.25, 0.3) is 11.0 Å². The highest BCUT2D eigenvalue weighted by atomic mass is 35.5. The quantitative estimate of drug-likeness (QED) is 0.587. The molecule has 0 aliphatic carbocycles. The number of carbonyl (C=O) groups is 1. The molecule has 2 aromatic heterocycles. The summed E-state index contributed by atoms with van der Waals surface area (Å²) in [5, 5.41) is 5.77. The SMILES string of the molecule is O=C(/C=C/c1c(Cl)nc2sccn12)Nc1ccc(N2CCSCC2)c(Cl)c1. The molecule has 3 aromatic rings. The van der Waals surface area contributed by atoms with Crippen LogP contribution in [0.4, 0.5) is 11.4 Å². The number of imidazole rings is 1. The second-order valence-corrected chi connectivity index (χ2v) is 8.79. The van der Waals surface area contributed by atoms with Gasteiger partial charge in [-0.05, 0) is 24.3 Å². The average molecular weight is 439 g/mol. The Balaban J connectivity index is 1.45. The van der Waals surface area contributed by atoms with E-state index in [9.17, 15) is 4.79 Å². The Hall–Kier alpha value is -1.67. The molecule has 1 aromatic carbocycles. The van der Waals surface area contributed by atoms with Crippen LogP contribution in [0.3, 0.4) is 0 Å². The predicted octanol–water partition coefficient (Wildman–Crippen LogP) is 4.91. The van der Waals surface area contributed by atoms with Crippen LogP contribution in [0.2, 0.25) is 10.2 Å². The summed E-state index contributed by atoms with van der Waals surface area (Å²) in [4.78, 5) is 19.6. The molecule has 1 aliphatic heterocycles. The van der Waals surface area contributed by atoms with Crippen LogP contribution >= 0.6 is 46.3 Å². The summed E-state index contributed by atoms with van der Waals surface area (Å²) in [6, 6.07) is 5.62. The number of hydrogen-bond donors (Lipinski definition) is 1. The Morgan fingerprint density at radius 1 is 1.26 bits per heavy atom. The van der Waals surface area contributed by atoms with Crippen molar-refractivity contribution in [2.24, 2.45) is 0 Å². The fourth-order valence-corrected chi connectivity index (χ4v) is 5.12. The van der Waals surface area contributed by atoms with E-state index in [1.807, 2.05) is 39.9 Å². The van der Waals surface area contributed by atoms with Gasteiger partial charge in [0.05, 0.1) is 16.4 Å². The summed E-state index contributed by atoms with van der Waals surface area (Å²) in [6.07, 6.45) is 4.97. The lowest BCUT2D eigenvalue weighted by atomic mass is 10.2. The Labute approximate surface area is 175 Å². The summed E-state index contributed by atoms with van der Waals surface area (Å²) < 4.78 is 1.85. The normalized spacial score (nSPS) is 15.0. The molecule has 1 aliphatic rings. The monoisotopic (exact) mass is 438 g/mol. The van der Waals surface area contributed by atoms with E-state index in [1.165, 1.54) is 17.4 Å². The van der Waals surface area contributed by atoms with Crippen molar-refractivity contribution < 1.29 is 4.79 Å². The average Bonchev–Trinajstić information content (AvgIpc) is 3.21. The zero-order valence-electron chi connectivity index (χ0n) is 14.2. The lowest BCUT2D eigenvalue weighted by molar-refractivity contribution is -0.111. The largest absolute Gasteiger partial charge is 0.369 e. The number of hydrogen-bond acceptors (Lipinski definition) is 5. The molecule has 140 valence electrons. The molecule has 0 atom stereocenters. The molecular formula is C18H16Cl2N4OS2. The first kappa shape index (κ1) is 18.7. The number of thioether (sulfide) groups is 1.